The molecule has 0 radical (unpaired) electrons. The SMILES string of the molecule is O=C(NCc1cccnc1)C1CCCN(C2CCN(c3nccs3)CC2)C1. The van der Waals surface area contributed by atoms with Crippen molar-refractivity contribution < 1.29 is 4.79 Å². The van der Waals surface area contributed by atoms with Crippen LogP contribution in [0.3, 0.4) is 0 Å². The molecule has 4 rings (SSSR count). The molecular formula is C20H27N5OS. The summed E-state index contributed by atoms with van der Waals surface area (Å²) in [6.07, 6.45) is 9.86. The van der Waals surface area contributed by atoms with Crippen LogP contribution >= 0.6 is 11.3 Å². The van der Waals surface area contributed by atoms with Crippen LogP contribution in [-0.2, 0) is 11.3 Å². The van der Waals surface area contributed by atoms with Gasteiger partial charge in [-0.1, -0.05) is 6.07 Å². The van der Waals surface area contributed by atoms with E-state index in [1.54, 1.807) is 17.5 Å². The summed E-state index contributed by atoms with van der Waals surface area (Å²) >= 11 is 1.72. The maximum atomic E-state index is 12.6. The molecule has 144 valence electrons. The Morgan fingerprint density at radius 3 is 2.85 bits per heavy atom. The van der Waals surface area contributed by atoms with Crippen LogP contribution in [0.2, 0.25) is 0 Å². The number of hydrogen-bond donors (Lipinski definition) is 1. The standard InChI is InChI=1S/C20H27N5OS/c26-19(23-14-16-3-1-7-21-13-16)17-4-2-9-25(15-17)18-5-10-24(11-6-18)20-22-8-12-27-20/h1,3,7-8,12-13,17-18H,2,4-6,9-11,14-15H2,(H,23,26). The van der Waals surface area contributed by atoms with Crippen molar-refractivity contribution in [2.75, 3.05) is 31.1 Å². The normalized spacial score (nSPS) is 21.9. The van der Waals surface area contributed by atoms with E-state index < -0.39 is 0 Å². The molecule has 2 saturated heterocycles. The maximum absolute atomic E-state index is 12.6. The summed E-state index contributed by atoms with van der Waals surface area (Å²) in [6.45, 7) is 4.70. The largest absolute Gasteiger partial charge is 0.352 e. The molecule has 0 aliphatic carbocycles. The first-order valence-corrected chi connectivity index (χ1v) is 10.7. The predicted molar refractivity (Wildman–Crippen MR) is 108 cm³/mol. The predicted octanol–water partition coefficient (Wildman–Crippen LogP) is 2.54. The number of rotatable bonds is 5. The first-order chi connectivity index (χ1) is 13.3. The van der Waals surface area contributed by atoms with Crippen molar-refractivity contribution in [3.63, 3.8) is 0 Å². The topological polar surface area (TPSA) is 61.4 Å². The lowest BCUT2D eigenvalue weighted by Gasteiger charge is -2.42. The number of aromatic nitrogens is 2. The van der Waals surface area contributed by atoms with Gasteiger partial charge in [0.15, 0.2) is 5.13 Å². The van der Waals surface area contributed by atoms with Crippen molar-refractivity contribution in [2.24, 2.45) is 5.92 Å². The molecular weight excluding hydrogens is 358 g/mol. The van der Waals surface area contributed by atoms with Gasteiger partial charge >= 0.3 is 0 Å². The molecule has 2 fully saturated rings. The summed E-state index contributed by atoms with van der Waals surface area (Å²) < 4.78 is 0. The summed E-state index contributed by atoms with van der Waals surface area (Å²) in [5, 5.41) is 6.28. The molecule has 2 aromatic heterocycles. The molecule has 4 heterocycles. The van der Waals surface area contributed by atoms with Crippen LogP contribution in [0.1, 0.15) is 31.2 Å². The highest BCUT2D eigenvalue weighted by atomic mass is 32.1. The summed E-state index contributed by atoms with van der Waals surface area (Å²) in [5.74, 6) is 0.288. The first-order valence-electron chi connectivity index (χ1n) is 9.84. The van der Waals surface area contributed by atoms with Gasteiger partial charge in [-0.15, -0.1) is 11.3 Å². The first kappa shape index (κ1) is 18.4. The van der Waals surface area contributed by atoms with Gasteiger partial charge in [0.2, 0.25) is 5.91 Å². The number of anilines is 1. The molecule has 2 aliphatic rings. The molecule has 0 aromatic carbocycles. The Balaban J connectivity index is 1.26. The molecule has 27 heavy (non-hydrogen) atoms. The number of nitrogens with one attached hydrogen (secondary N) is 1. The van der Waals surface area contributed by atoms with Crippen molar-refractivity contribution in [1.29, 1.82) is 0 Å². The summed E-state index contributed by atoms with van der Waals surface area (Å²) in [4.78, 5) is 26.1. The van der Waals surface area contributed by atoms with E-state index in [1.807, 2.05) is 29.9 Å². The van der Waals surface area contributed by atoms with Gasteiger partial charge < -0.3 is 10.2 Å². The lowest BCUT2D eigenvalue weighted by atomic mass is 9.93. The molecule has 0 bridgehead atoms. The van der Waals surface area contributed by atoms with Crippen molar-refractivity contribution >= 4 is 22.4 Å². The zero-order valence-corrected chi connectivity index (χ0v) is 16.4. The third-order valence-electron chi connectivity index (χ3n) is 5.68. The Hall–Kier alpha value is -1.99. The second kappa shape index (κ2) is 8.80. The number of pyridine rings is 1. The minimum absolute atomic E-state index is 0.104. The van der Waals surface area contributed by atoms with Crippen molar-refractivity contribution in [2.45, 2.75) is 38.3 Å². The third kappa shape index (κ3) is 4.65. The highest BCUT2D eigenvalue weighted by Gasteiger charge is 2.31. The molecule has 1 unspecified atom stereocenters. The Kier molecular flexibility index (Phi) is 5.99. The highest BCUT2D eigenvalue weighted by molar-refractivity contribution is 7.13. The van der Waals surface area contributed by atoms with Crippen LogP contribution in [0.4, 0.5) is 5.13 Å². The Morgan fingerprint density at radius 1 is 1.22 bits per heavy atom. The molecule has 2 aliphatic heterocycles. The fourth-order valence-electron chi connectivity index (χ4n) is 4.18. The summed E-state index contributed by atoms with van der Waals surface area (Å²) in [6, 6.07) is 4.49. The molecule has 1 N–H and O–H groups in total. The molecule has 1 amide bonds. The Morgan fingerprint density at radius 2 is 2.11 bits per heavy atom. The summed E-state index contributed by atoms with van der Waals surface area (Å²) in [5.41, 5.74) is 1.05. The molecule has 6 nitrogen and oxygen atoms in total. The molecule has 0 spiro atoms. The van der Waals surface area contributed by atoms with Gasteiger partial charge in [0.1, 0.15) is 0 Å². The van der Waals surface area contributed by atoms with Crippen LogP contribution in [0, 0.1) is 5.92 Å². The minimum atomic E-state index is 0.104. The number of nitrogens with zero attached hydrogens (tertiary/aromatic N) is 4. The van der Waals surface area contributed by atoms with Crippen LogP contribution < -0.4 is 10.2 Å². The number of carbonyl (C=O) groups excluding carboxylic acids is 1. The van der Waals surface area contributed by atoms with Gasteiger partial charge in [-0.05, 0) is 43.9 Å². The van der Waals surface area contributed by atoms with Gasteiger partial charge in [-0.25, -0.2) is 4.98 Å². The zero-order chi connectivity index (χ0) is 18.5. The van der Waals surface area contributed by atoms with E-state index >= 15 is 0 Å². The molecule has 0 saturated carbocycles. The van der Waals surface area contributed by atoms with E-state index in [2.05, 4.69) is 25.1 Å². The number of carbonyl (C=O) groups is 1. The van der Waals surface area contributed by atoms with E-state index in [0.717, 1.165) is 62.6 Å². The lowest BCUT2D eigenvalue weighted by molar-refractivity contribution is -0.127. The number of piperidine rings is 2. The third-order valence-corrected chi connectivity index (χ3v) is 6.52. The average molecular weight is 386 g/mol. The number of amides is 1. The van der Waals surface area contributed by atoms with Crippen LogP contribution in [-0.4, -0.2) is 53.0 Å². The van der Waals surface area contributed by atoms with Crippen LogP contribution in [0.25, 0.3) is 0 Å². The number of thiazole rings is 1. The van der Waals surface area contributed by atoms with E-state index in [9.17, 15) is 4.79 Å². The van der Waals surface area contributed by atoms with Crippen molar-refractivity contribution in [3.05, 3.63) is 41.7 Å². The van der Waals surface area contributed by atoms with Gasteiger partial charge in [-0.3, -0.25) is 14.7 Å². The highest BCUT2D eigenvalue weighted by Crippen LogP contribution is 2.27. The van der Waals surface area contributed by atoms with Gasteiger partial charge in [-0.2, -0.15) is 0 Å². The zero-order valence-electron chi connectivity index (χ0n) is 15.6. The quantitative estimate of drug-likeness (QED) is 0.857. The monoisotopic (exact) mass is 385 g/mol. The smallest absolute Gasteiger partial charge is 0.224 e. The van der Waals surface area contributed by atoms with Crippen LogP contribution in [0.15, 0.2) is 36.1 Å². The number of hydrogen-bond acceptors (Lipinski definition) is 6. The maximum Gasteiger partial charge on any atom is 0.224 e. The second-order valence-corrected chi connectivity index (χ2v) is 8.32. The molecule has 7 heteroatoms. The van der Waals surface area contributed by atoms with Crippen molar-refractivity contribution in [3.8, 4) is 0 Å². The molecule has 1 atom stereocenters. The van der Waals surface area contributed by atoms with E-state index in [0.29, 0.717) is 12.6 Å². The van der Waals surface area contributed by atoms with E-state index in [4.69, 9.17) is 0 Å². The van der Waals surface area contributed by atoms with Crippen LogP contribution in [0.5, 0.6) is 0 Å². The number of likely N-dealkylation sites (tertiary alicyclic amines) is 1. The molecule has 2 aromatic rings. The van der Waals surface area contributed by atoms with Gasteiger partial charge in [0.05, 0.1) is 5.92 Å². The Bertz CT molecular complexity index is 715. The minimum Gasteiger partial charge on any atom is -0.352 e. The Labute approximate surface area is 164 Å². The second-order valence-electron chi connectivity index (χ2n) is 7.45. The summed E-state index contributed by atoms with van der Waals surface area (Å²) in [7, 11) is 0. The fraction of sp³-hybridized carbons (Fsp3) is 0.550. The van der Waals surface area contributed by atoms with E-state index in [-0.39, 0.29) is 11.8 Å². The van der Waals surface area contributed by atoms with Gasteiger partial charge in [0, 0.05) is 56.2 Å². The average Bonchev–Trinajstić information content (AvgIpc) is 3.28. The van der Waals surface area contributed by atoms with Gasteiger partial charge in [0.25, 0.3) is 0 Å². The van der Waals surface area contributed by atoms with E-state index in [1.165, 1.54) is 0 Å². The fourth-order valence-corrected chi connectivity index (χ4v) is 4.88. The lowest BCUT2D eigenvalue weighted by Crippen LogP contribution is -2.50. The van der Waals surface area contributed by atoms with Crippen molar-refractivity contribution in [1.82, 2.24) is 20.2 Å².